The zero-order valence-electron chi connectivity index (χ0n) is 8.70. The molecule has 3 rings (SSSR count). The number of pyridine rings is 1. The Bertz CT molecular complexity index is 537. The van der Waals surface area contributed by atoms with E-state index in [2.05, 4.69) is 16.4 Å². The van der Waals surface area contributed by atoms with Crippen LogP contribution in [0.25, 0.3) is 11.1 Å². The van der Waals surface area contributed by atoms with Gasteiger partial charge < -0.3 is 5.32 Å². The van der Waals surface area contributed by atoms with Crippen LogP contribution in [0.5, 0.6) is 0 Å². The van der Waals surface area contributed by atoms with Crippen LogP contribution in [0.3, 0.4) is 0 Å². The second-order valence-corrected chi connectivity index (χ2v) is 3.90. The lowest BCUT2D eigenvalue weighted by Gasteiger charge is -2.05. The van der Waals surface area contributed by atoms with Gasteiger partial charge in [0.05, 0.1) is 6.20 Å². The first-order valence-electron chi connectivity index (χ1n) is 5.31. The maximum Gasteiger partial charge on any atom is 0.149 e. The van der Waals surface area contributed by atoms with Crippen molar-refractivity contribution >= 4 is 5.69 Å². The molecular weight excluding hydrogens is 203 g/mol. The van der Waals surface area contributed by atoms with E-state index in [1.54, 1.807) is 12.3 Å². The Morgan fingerprint density at radius 1 is 1.25 bits per heavy atom. The van der Waals surface area contributed by atoms with Gasteiger partial charge in [0.2, 0.25) is 0 Å². The monoisotopic (exact) mass is 214 g/mol. The molecule has 2 heterocycles. The first-order chi connectivity index (χ1) is 7.84. The topological polar surface area (TPSA) is 24.9 Å². The molecule has 1 aliphatic heterocycles. The fourth-order valence-corrected chi connectivity index (χ4v) is 2.07. The predicted octanol–water partition coefficient (Wildman–Crippen LogP) is 2.86. The molecule has 0 fully saturated rings. The minimum atomic E-state index is -0.277. The number of nitrogens with one attached hydrogen (secondary N) is 1. The standard InChI is InChI=1S/C13H11FN2/c14-12-8-15-5-4-11(12)10-2-1-9-3-6-16-13(9)7-10/h1-2,4-5,7-8,16H,3,6H2. The van der Waals surface area contributed by atoms with Crippen molar-refractivity contribution in [2.75, 3.05) is 11.9 Å². The Kier molecular flexibility index (Phi) is 2.10. The summed E-state index contributed by atoms with van der Waals surface area (Å²) in [6, 6.07) is 7.72. The molecule has 0 amide bonds. The second kappa shape index (κ2) is 3.59. The van der Waals surface area contributed by atoms with E-state index in [0.717, 1.165) is 24.2 Å². The maximum absolute atomic E-state index is 13.5. The molecule has 3 heteroatoms. The Labute approximate surface area is 93.1 Å². The summed E-state index contributed by atoms with van der Waals surface area (Å²) in [5.74, 6) is -0.277. The van der Waals surface area contributed by atoms with Crippen LogP contribution < -0.4 is 5.32 Å². The van der Waals surface area contributed by atoms with Crippen LogP contribution in [-0.2, 0) is 6.42 Å². The van der Waals surface area contributed by atoms with Crippen molar-refractivity contribution in [2.45, 2.75) is 6.42 Å². The molecule has 80 valence electrons. The molecule has 2 nitrogen and oxygen atoms in total. The summed E-state index contributed by atoms with van der Waals surface area (Å²) in [5, 5.41) is 3.29. The highest BCUT2D eigenvalue weighted by atomic mass is 19.1. The number of anilines is 1. The third-order valence-electron chi connectivity index (χ3n) is 2.90. The number of nitrogens with zero attached hydrogens (tertiary/aromatic N) is 1. The van der Waals surface area contributed by atoms with Crippen molar-refractivity contribution in [1.29, 1.82) is 0 Å². The van der Waals surface area contributed by atoms with Gasteiger partial charge in [-0.25, -0.2) is 4.39 Å². The van der Waals surface area contributed by atoms with Crippen molar-refractivity contribution in [3.63, 3.8) is 0 Å². The van der Waals surface area contributed by atoms with Crippen LogP contribution in [0.1, 0.15) is 5.56 Å². The van der Waals surface area contributed by atoms with E-state index >= 15 is 0 Å². The average Bonchev–Trinajstić information content (AvgIpc) is 2.76. The van der Waals surface area contributed by atoms with E-state index in [1.807, 2.05) is 12.1 Å². The van der Waals surface area contributed by atoms with Gasteiger partial charge in [0, 0.05) is 24.0 Å². The summed E-state index contributed by atoms with van der Waals surface area (Å²) in [6.45, 7) is 0.970. The van der Waals surface area contributed by atoms with Gasteiger partial charge in [0.1, 0.15) is 5.82 Å². The lowest BCUT2D eigenvalue weighted by molar-refractivity contribution is 0.625. The molecule has 1 aromatic heterocycles. The third-order valence-corrected chi connectivity index (χ3v) is 2.90. The van der Waals surface area contributed by atoms with Crippen molar-refractivity contribution < 1.29 is 4.39 Å². The Hall–Kier alpha value is -1.90. The number of aromatic nitrogens is 1. The summed E-state index contributed by atoms with van der Waals surface area (Å²) in [6.07, 6.45) is 3.91. The number of hydrogen-bond donors (Lipinski definition) is 1. The van der Waals surface area contributed by atoms with Gasteiger partial charge in [-0.2, -0.15) is 0 Å². The number of halogens is 1. The summed E-state index contributed by atoms with van der Waals surface area (Å²) in [7, 11) is 0. The largest absolute Gasteiger partial charge is 0.384 e. The lowest BCUT2D eigenvalue weighted by atomic mass is 10.0. The van der Waals surface area contributed by atoms with E-state index < -0.39 is 0 Å². The van der Waals surface area contributed by atoms with Gasteiger partial charge >= 0.3 is 0 Å². The Balaban J connectivity index is 2.11. The number of rotatable bonds is 1. The van der Waals surface area contributed by atoms with Crippen LogP contribution in [-0.4, -0.2) is 11.5 Å². The van der Waals surface area contributed by atoms with Crippen LogP contribution in [0.4, 0.5) is 10.1 Å². The molecule has 0 bridgehead atoms. The van der Waals surface area contributed by atoms with Crippen LogP contribution in [0.15, 0.2) is 36.7 Å². The Morgan fingerprint density at radius 2 is 2.19 bits per heavy atom. The van der Waals surface area contributed by atoms with Crippen LogP contribution >= 0.6 is 0 Å². The summed E-state index contributed by atoms with van der Waals surface area (Å²) in [4.78, 5) is 3.75. The minimum absolute atomic E-state index is 0.277. The van der Waals surface area contributed by atoms with Gasteiger partial charge in [-0.15, -0.1) is 0 Å². The molecule has 0 spiro atoms. The maximum atomic E-state index is 13.5. The molecule has 0 atom stereocenters. The average molecular weight is 214 g/mol. The van der Waals surface area contributed by atoms with E-state index in [9.17, 15) is 4.39 Å². The molecule has 0 radical (unpaired) electrons. The van der Waals surface area contributed by atoms with Crippen LogP contribution in [0, 0.1) is 5.82 Å². The number of fused-ring (bicyclic) bond motifs is 1. The van der Waals surface area contributed by atoms with Crippen LogP contribution in [0.2, 0.25) is 0 Å². The molecule has 1 N–H and O–H groups in total. The van der Waals surface area contributed by atoms with E-state index in [4.69, 9.17) is 0 Å². The van der Waals surface area contributed by atoms with Gasteiger partial charge in [0.25, 0.3) is 0 Å². The third kappa shape index (κ3) is 1.45. The molecule has 0 unspecified atom stereocenters. The highest BCUT2D eigenvalue weighted by Gasteiger charge is 2.12. The highest BCUT2D eigenvalue weighted by molar-refractivity contribution is 5.71. The Morgan fingerprint density at radius 3 is 3.06 bits per heavy atom. The van der Waals surface area contributed by atoms with Gasteiger partial charge in [0.15, 0.2) is 0 Å². The fourth-order valence-electron chi connectivity index (χ4n) is 2.07. The second-order valence-electron chi connectivity index (χ2n) is 3.90. The molecule has 1 aliphatic rings. The molecular formula is C13H11FN2. The van der Waals surface area contributed by atoms with Crippen molar-refractivity contribution in [1.82, 2.24) is 4.98 Å². The van der Waals surface area contributed by atoms with Crippen molar-refractivity contribution in [3.05, 3.63) is 48.0 Å². The lowest BCUT2D eigenvalue weighted by Crippen LogP contribution is -1.91. The quantitative estimate of drug-likeness (QED) is 0.789. The molecule has 16 heavy (non-hydrogen) atoms. The number of benzene rings is 1. The zero-order chi connectivity index (χ0) is 11.0. The molecule has 2 aromatic rings. The first-order valence-corrected chi connectivity index (χ1v) is 5.31. The van der Waals surface area contributed by atoms with Crippen molar-refractivity contribution in [3.8, 4) is 11.1 Å². The van der Waals surface area contributed by atoms with Gasteiger partial charge in [-0.3, -0.25) is 4.98 Å². The predicted molar refractivity (Wildman–Crippen MR) is 61.8 cm³/mol. The fraction of sp³-hybridized carbons (Fsp3) is 0.154. The van der Waals surface area contributed by atoms with Gasteiger partial charge in [-0.05, 0) is 29.7 Å². The minimum Gasteiger partial charge on any atom is -0.384 e. The highest BCUT2D eigenvalue weighted by Crippen LogP contribution is 2.29. The SMILES string of the molecule is Fc1cnccc1-c1ccc2c(c1)NCC2. The molecule has 0 saturated carbocycles. The summed E-state index contributed by atoms with van der Waals surface area (Å²) >= 11 is 0. The summed E-state index contributed by atoms with van der Waals surface area (Å²) < 4.78 is 13.5. The number of hydrogen-bond acceptors (Lipinski definition) is 2. The molecule has 1 aromatic carbocycles. The summed E-state index contributed by atoms with van der Waals surface area (Å²) in [5.41, 5.74) is 3.92. The normalized spacial score (nSPS) is 13.3. The van der Waals surface area contributed by atoms with E-state index in [1.165, 1.54) is 11.8 Å². The van der Waals surface area contributed by atoms with Crippen molar-refractivity contribution in [2.24, 2.45) is 0 Å². The zero-order valence-corrected chi connectivity index (χ0v) is 8.70. The van der Waals surface area contributed by atoms with E-state index in [-0.39, 0.29) is 5.82 Å². The molecule has 0 saturated heterocycles. The molecule has 0 aliphatic carbocycles. The first kappa shape index (κ1) is 9.33. The van der Waals surface area contributed by atoms with Gasteiger partial charge in [-0.1, -0.05) is 12.1 Å². The smallest absolute Gasteiger partial charge is 0.149 e. The van der Waals surface area contributed by atoms with E-state index in [0.29, 0.717) is 5.56 Å².